The van der Waals surface area contributed by atoms with Gasteiger partial charge in [0, 0.05) is 55.2 Å². The Labute approximate surface area is 283 Å². The molecule has 0 aliphatic heterocycles. The number of nitrogens with one attached hydrogen (secondary N) is 3. The summed E-state index contributed by atoms with van der Waals surface area (Å²) in [5, 5.41) is 23.7. The maximum atomic E-state index is 13.7. The first-order valence-electron chi connectivity index (χ1n) is 16.6. The highest BCUT2D eigenvalue weighted by molar-refractivity contribution is 5.91. The van der Waals surface area contributed by atoms with Crippen LogP contribution in [-0.2, 0) is 18.3 Å². The molecule has 0 radical (unpaired) electrons. The van der Waals surface area contributed by atoms with E-state index < -0.39 is 12.7 Å². The van der Waals surface area contributed by atoms with Crippen LogP contribution in [0, 0.1) is 11.3 Å². The fraction of sp³-hybridized carbons (Fsp3) is 0.429. The van der Waals surface area contributed by atoms with Crippen molar-refractivity contribution in [3.63, 3.8) is 0 Å². The molecule has 2 amide bonds. The summed E-state index contributed by atoms with van der Waals surface area (Å²) in [4.78, 5) is 29.2. The van der Waals surface area contributed by atoms with Crippen LogP contribution in [0.2, 0.25) is 0 Å². The molecule has 12 nitrogen and oxygen atoms in total. The number of aryl methyl sites for hydroxylation is 1. The van der Waals surface area contributed by atoms with Crippen molar-refractivity contribution < 1.29 is 18.3 Å². The average molecular weight is 671 g/mol. The van der Waals surface area contributed by atoms with Crippen LogP contribution in [0.1, 0.15) is 62.5 Å². The van der Waals surface area contributed by atoms with Crippen LogP contribution < -0.4 is 20.9 Å². The topological polar surface area (TPSA) is 146 Å². The summed E-state index contributed by atoms with van der Waals surface area (Å²) in [5.41, 5.74) is 3.19. The van der Waals surface area contributed by atoms with E-state index in [2.05, 4.69) is 41.8 Å². The number of benzene rings is 1. The number of nitriles is 1. The molecule has 6 rings (SSSR count). The second kappa shape index (κ2) is 15.8. The molecular weight excluding hydrogens is 630 g/mol. The molecular formula is C35H40F2N10O2. The molecule has 0 saturated heterocycles. The van der Waals surface area contributed by atoms with Gasteiger partial charge in [-0.2, -0.15) is 24.1 Å². The fourth-order valence-corrected chi connectivity index (χ4v) is 6.57. The number of pyridine rings is 1. The van der Waals surface area contributed by atoms with Gasteiger partial charge in [0.15, 0.2) is 0 Å². The summed E-state index contributed by atoms with van der Waals surface area (Å²) in [6, 6.07) is 15.5. The number of rotatable bonds is 11. The van der Waals surface area contributed by atoms with Crippen LogP contribution in [-0.4, -0.2) is 61.6 Å². The van der Waals surface area contributed by atoms with Gasteiger partial charge in [0.1, 0.15) is 23.3 Å². The van der Waals surface area contributed by atoms with E-state index in [1.807, 2.05) is 55.7 Å². The maximum Gasteiger partial charge on any atom is 0.345 e. The minimum absolute atomic E-state index is 0.00568. The number of amides is 2. The number of hydrogen-bond donors (Lipinski definition) is 3. The van der Waals surface area contributed by atoms with Crippen LogP contribution >= 0.6 is 0 Å². The van der Waals surface area contributed by atoms with Crippen molar-refractivity contribution in [2.24, 2.45) is 7.05 Å². The summed E-state index contributed by atoms with van der Waals surface area (Å²) in [5.74, 6) is 1.41. The van der Waals surface area contributed by atoms with Gasteiger partial charge in [-0.25, -0.2) is 14.8 Å². The molecule has 49 heavy (non-hydrogen) atoms. The van der Waals surface area contributed by atoms with Crippen molar-refractivity contribution in [2.45, 2.75) is 88.8 Å². The number of carbonyl (C=O) groups is 1. The first kappa shape index (κ1) is 33.7. The second-order valence-corrected chi connectivity index (χ2v) is 12.6. The Kier molecular flexibility index (Phi) is 10.9. The molecule has 0 unspecified atom stereocenters. The highest BCUT2D eigenvalue weighted by Crippen LogP contribution is 2.31. The molecule has 0 spiro atoms. The van der Waals surface area contributed by atoms with E-state index >= 15 is 0 Å². The lowest BCUT2D eigenvalue weighted by molar-refractivity contribution is -0.169. The van der Waals surface area contributed by atoms with Gasteiger partial charge < -0.3 is 20.7 Å². The lowest BCUT2D eigenvalue weighted by atomic mass is 9.90. The van der Waals surface area contributed by atoms with Crippen LogP contribution in [0.15, 0.2) is 67.3 Å². The van der Waals surface area contributed by atoms with Crippen LogP contribution in [0.3, 0.4) is 0 Å². The number of carbonyl (C=O) groups excluding carboxylic acids is 1. The molecule has 0 bridgehead atoms. The molecule has 3 aromatic heterocycles. The minimum atomic E-state index is -2.77. The zero-order valence-electron chi connectivity index (χ0n) is 27.3. The van der Waals surface area contributed by atoms with E-state index in [0.29, 0.717) is 55.4 Å². The number of nitrogens with zero attached hydrogens (tertiary/aromatic N) is 7. The summed E-state index contributed by atoms with van der Waals surface area (Å²) < 4.78 is 31.6. The Bertz CT molecular complexity index is 1710. The third-order valence-electron chi connectivity index (χ3n) is 9.15. The maximum absolute atomic E-state index is 13.7. The zero-order valence-corrected chi connectivity index (χ0v) is 27.3. The van der Waals surface area contributed by atoms with E-state index in [1.165, 1.54) is 6.20 Å². The normalized spacial score (nSPS) is 20.7. The van der Waals surface area contributed by atoms with Crippen molar-refractivity contribution in [1.82, 2.24) is 30.0 Å². The number of alkyl halides is 2. The molecule has 0 atom stereocenters. The predicted molar refractivity (Wildman–Crippen MR) is 181 cm³/mol. The lowest BCUT2D eigenvalue weighted by Gasteiger charge is -2.36. The zero-order chi connectivity index (χ0) is 34.2. The molecule has 2 aliphatic rings. The van der Waals surface area contributed by atoms with Gasteiger partial charge in [0.25, 0.3) is 0 Å². The van der Waals surface area contributed by atoms with Gasteiger partial charge in [-0.15, -0.1) is 0 Å². The van der Waals surface area contributed by atoms with E-state index in [1.54, 1.807) is 22.0 Å². The van der Waals surface area contributed by atoms with Gasteiger partial charge in [-0.1, -0.05) is 30.3 Å². The van der Waals surface area contributed by atoms with E-state index in [-0.39, 0.29) is 24.2 Å². The monoisotopic (exact) mass is 670 g/mol. The number of anilines is 3. The van der Waals surface area contributed by atoms with E-state index in [9.17, 15) is 18.8 Å². The van der Waals surface area contributed by atoms with Gasteiger partial charge in [-0.3, -0.25) is 9.58 Å². The van der Waals surface area contributed by atoms with Crippen LogP contribution in [0.4, 0.5) is 31.2 Å². The number of ether oxygens (including phenoxy) is 1. The smallest absolute Gasteiger partial charge is 0.345 e. The molecule has 2 aliphatic carbocycles. The summed E-state index contributed by atoms with van der Waals surface area (Å²) in [6.07, 6.45) is 11.8. The largest absolute Gasteiger partial charge is 0.366 e. The molecule has 3 N–H and O–H groups in total. The quantitative estimate of drug-likeness (QED) is 0.169. The second-order valence-electron chi connectivity index (χ2n) is 12.6. The molecule has 14 heteroatoms. The lowest BCUT2D eigenvalue weighted by Crippen LogP contribution is -2.49. The first-order valence-corrected chi connectivity index (χ1v) is 16.6. The van der Waals surface area contributed by atoms with Crippen molar-refractivity contribution >= 4 is 23.6 Å². The summed E-state index contributed by atoms with van der Waals surface area (Å²) >= 11 is 0. The van der Waals surface area contributed by atoms with Crippen LogP contribution in [0.25, 0.3) is 11.1 Å². The number of hydrogen-bond acceptors (Lipinski definition) is 9. The molecule has 1 aromatic carbocycles. The summed E-state index contributed by atoms with van der Waals surface area (Å²) in [7, 11) is 1.86. The van der Waals surface area contributed by atoms with Crippen molar-refractivity contribution in [3.8, 4) is 17.2 Å². The van der Waals surface area contributed by atoms with Crippen molar-refractivity contribution in [3.05, 3.63) is 78.4 Å². The van der Waals surface area contributed by atoms with Gasteiger partial charge >= 0.3 is 12.6 Å². The van der Waals surface area contributed by atoms with Crippen molar-refractivity contribution in [1.29, 1.82) is 5.26 Å². The average Bonchev–Trinajstić information content (AvgIpc) is 3.56. The van der Waals surface area contributed by atoms with Gasteiger partial charge in [-0.05, 0) is 69.1 Å². The molecule has 4 aromatic rings. The Morgan fingerprint density at radius 3 is 2.35 bits per heavy atom. The van der Waals surface area contributed by atoms with E-state index in [0.717, 1.165) is 42.4 Å². The van der Waals surface area contributed by atoms with Gasteiger partial charge in [0.05, 0.1) is 18.5 Å². The minimum Gasteiger partial charge on any atom is -0.366 e. The molecule has 3 heterocycles. The molecule has 256 valence electrons. The molecule has 2 saturated carbocycles. The summed E-state index contributed by atoms with van der Waals surface area (Å²) in [6.45, 7) is -2.37. The SMILES string of the molecule is Cn1cc(-c2ccc(N(C(=O)NCc3ccccc3)C3CCC(Nc4ncc(C#N)c(NC5CCC(OC(F)F)CC5)n4)CC3)nc2)cn1. The number of halogens is 2. The first-order chi connectivity index (χ1) is 23.8. The highest BCUT2D eigenvalue weighted by Gasteiger charge is 2.31. The Morgan fingerprint density at radius 1 is 0.959 bits per heavy atom. The molecule has 2 fully saturated rings. The number of aromatic nitrogens is 5. The third-order valence-corrected chi connectivity index (χ3v) is 9.15. The van der Waals surface area contributed by atoms with Gasteiger partial charge in [0.2, 0.25) is 5.95 Å². The standard InChI is InChI=1S/C35H40F2N10O2/c1-46-22-26(21-42-46)24-7-16-31(39-19-24)47(35(48)41-18-23-5-3-2-4-6-23)29-12-8-28(9-13-29)44-34-40-20-25(17-38)32(45-34)43-27-10-14-30(15-11-27)49-33(36)37/h2-7,16,19-22,27-30,33H,8-15,18H2,1H3,(H,41,48)(H2,40,43,44,45). The highest BCUT2D eigenvalue weighted by atomic mass is 19.3. The number of urea groups is 1. The predicted octanol–water partition coefficient (Wildman–Crippen LogP) is 6.25. The van der Waals surface area contributed by atoms with Crippen molar-refractivity contribution in [2.75, 3.05) is 15.5 Å². The Morgan fingerprint density at radius 2 is 1.69 bits per heavy atom. The van der Waals surface area contributed by atoms with Crippen LogP contribution in [0.5, 0.6) is 0 Å². The fourth-order valence-electron chi connectivity index (χ4n) is 6.57. The Balaban J connectivity index is 1.10. The third kappa shape index (κ3) is 8.85. The van der Waals surface area contributed by atoms with E-state index in [4.69, 9.17) is 4.98 Å². The Hall–Kier alpha value is -5.16.